The number of rotatable bonds is 16. The van der Waals surface area contributed by atoms with Gasteiger partial charge in [-0.2, -0.15) is 0 Å². The number of urea groups is 1. The van der Waals surface area contributed by atoms with Gasteiger partial charge in [0.05, 0.1) is 61.4 Å². The normalized spacial score (nSPS) is 25.3. The molecule has 2 aliphatic rings. The number of carbonyl (C=O) groups excluding carboxylic acids is 12. The predicted molar refractivity (Wildman–Crippen MR) is 405 cm³/mol. The van der Waals surface area contributed by atoms with Crippen LogP contribution in [0.2, 0.25) is 0 Å². The fourth-order valence-corrected chi connectivity index (χ4v) is 13.8. The van der Waals surface area contributed by atoms with Crippen molar-refractivity contribution in [2.45, 2.75) is 234 Å². The number of nitrogens with one attached hydrogen (secondary N) is 4. The lowest BCUT2D eigenvalue weighted by Crippen LogP contribution is -2.57. The summed E-state index contributed by atoms with van der Waals surface area (Å²) in [4.78, 5) is 187. The largest absolute Gasteiger partial charge is 0.391 e. The minimum atomic E-state index is -1.73. The van der Waals surface area contributed by atoms with Crippen LogP contribution in [0.5, 0.6) is 0 Å². The first-order valence-corrected chi connectivity index (χ1v) is 38.0. The standard InChI is InChI=1S/C80H129N11O14/c1-50(2)36-58-41-69(95)83-63(55(11)92)45-72(98)90(20)79(104)87(17)60(37-51(3)4)43-70(96)82-59(49-105-80(12,13)14)42-71(97)88(18)66(40-57-32-26-22-27-33-57)77(102)86(16)48-62(54(9)10)74(99)84-73(78(103)91-34-28-23-29-35-91)67(93)44-61(53(7)8)75(100)89(19)65(39-56-30-24-21-25-31-56)68(94)46-81-64(38-52(5)6)76(101)85(15)47-58/h21-22,24-27,30-33,50-55,58-66,73,81,92H,23,28-29,34-49H2,1-20H3,(H,82,96)(H,83,95)(H,84,99)/t55-,58+,59-,60+,61-,62+,63-,64+,65+,66+,73+/m1/s1. The SMILES string of the molecule is CC(C)C[C@H]1CC(=O)N[C@@H]([C@@H](C)O)CC(=O)N(C)C(=O)N(C)[C@@H](CC(C)C)CC(=O)N[C@@H](COC(C)(C)C)CC(=O)N(C)[C@@H](Cc2ccccc2)C(=O)N(C)C[C@@H](C(C)C)C(=O)N[C@H](C(=O)N2CCCCC2)C(=O)C[C@H](C(C)C)C(=O)N(C)[C@@H](Cc2ccccc2)C(=O)CN[C@@H](CC(C)C)C(=O)N(C)C1. The van der Waals surface area contributed by atoms with Crippen molar-refractivity contribution in [3.63, 3.8) is 0 Å². The molecule has 2 saturated heterocycles. The average molecular weight is 1470 g/mol. The van der Waals surface area contributed by atoms with E-state index in [1.54, 1.807) is 39.6 Å². The Balaban J connectivity index is 1.89. The molecular formula is C80H129N11O14. The van der Waals surface area contributed by atoms with E-state index in [1.807, 2.05) is 123 Å². The van der Waals surface area contributed by atoms with Crippen molar-refractivity contribution < 1.29 is 67.4 Å². The smallest absolute Gasteiger partial charge is 0.326 e. The number of ether oxygens (including phenoxy) is 1. The molecule has 0 unspecified atom stereocenters. The highest BCUT2D eigenvalue weighted by atomic mass is 16.5. The van der Waals surface area contributed by atoms with E-state index in [2.05, 4.69) is 21.3 Å². The number of nitrogens with zero attached hydrogens (tertiary/aromatic N) is 7. The van der Waals surface area contributed by atoms with E-state index in [0.717, 1.165) is 22.4 Å². The zero-order valence-electron chi connectivity index (χ0n) is 66.8. The third kappa shape index (κ3) is 29.2. The van der Waals surface area contributed by atoms with Gasteiger partial charge in [-0.15, -0.1) is 0 Å². The van der Waals surface area contributed by atoms with Crippen LogP contribution in [0.4, 0.5) is 4.79 Å². The lowest BCUT2D eigenvalue weighted by molar-refractivity contribution is -0.148. The van der Waals surface area contributed by atoms with Crippen molar-refractivity contribution in [2.24, 2.45) is 47.3 Å². The molecule has 2 heterocycles. The average Bonchev–Trinajstić information content (AvgIpc) is 0.824. The molecule has 105 heavy (non-hydrogen) atoms. The fourth-order valence-electron chi connectivity index (χ4n) is 13.8. The van der Waals surface area contributed by atoms with E-state index in [9.17, 15) is 43.5 Å². The van der Waals surface area contributed by atoms with Gasteiger partial charge in [0.1, 0.15) is 6.04 Å². The zero-order valence-corrected chi connectivity index (χ0v) is 66.8. The third-order valence-electron chi connectivity index (χ3n) is 20.1. The molecular weight excluding hydrogens is 1340 g/mol. The highest BCUT2D eigenvalue weighted by Crippen LogP contribution is 2.27. The molecule has 0 aromatic heterocycles. The second-order valence-corrected chi connectivity index (χ2v) is 32.6. The van der Waals surface area contributed by atoms with Gasteiger partial charge in [0.15, 0.2) is 17.6 Å². The van der Waals surface area contributed by atoms with Crippen LogP contribution in [0.1, 0.15) is 179 Å². The molecule has 25 heteroatoms. The van der Waals surface area contributed by atoms with Gasteiger partial charge < -0.3 is 55.2 Å². The van der Waals surface area contributed by atoms with Gasteiger partial charge in [-0.25, -0.2) is 4.79 Å². The van der Waals surface area contributed by atoms with Gasteiger partial charge in [-0.1, -0.05) is 130 Å². The van der Waals surface area contributed by atoms with Crippen molar-refractivity contribution in [3.8, 4) is 0 Å². The molecule has 4 rings (SSSR count). The number of hydrogen-bond donors (Lipinski definition) is 5. The first kappa shape index (κ1) is 89.8. The molecule has 2 aromatic carbocycles. The number of likely N-dealkylation sites (N-methyl/N-ethyl adjacent to an activating group) is 4. The number of aliphatic hydroxyl groups excluding tert-OH is 1. The molecule has 0 saturated carbocycles. The molecule has 0 bridgehead atoms. The summed E-state index contributed by atoms with van der Waals surface area (Å²) in [5.74, 6) is -9.68. The maximum Gasteiger partial charge on any atom is 0.326 e. The molecule has 0 radical (unpaired) electrons. The lowest BCUT2D eigenvalue weighted by atomic mass is 9.86. The van der Waals surface area contributed by atoms with Crippen LogP contribution in [0.15, 0.2) is 60.7 Å². The molecule has 2 aliphatic heterocycles. The number of imide groups is 1. The van der Waals surface area contributed by atoms with Crippen LogP contribution in [0.25, 0.3) is 0 Å². The number of carbonyl (C=O) groups is 12. The van der Waals surface area contributed by atoms with Crippen LogP contribution in [-0.4, -0.2) is 246 Å². The second-order valence-electron chi connectivity index (χ2n) is 32.6. The molecule has 588 valence electrons. The van der Waals surface area contributed by atoms with Gasteiger partial charge in [-0.3, -0.25) is 63.0 Å². The van der Waals surface area contributed by atoms with Gasteiger partial charge >= 0.3 is 6.03 Å². The molecule has 2 fully saturated rings. The van der Waals surface area contributed by atoms with E-state index >= 15 is 19.2 Å². The van der Waals surface area contributed by atoms with Crippen LogP contribution >= 0.6 is 0 Å². The molecule has 11 atom stereocenters. The summed E-state index contributed by atoms with van der Waals surface area (Å²) in [7, 11) is 8.92. The number of piperidine rings is 1. The Morgan fingerprint density at radius 2 is 1.08 bits per heavy atom. The topological polar surface area (TPSA) is 305 Å². The summed E-state index contributed by atoms with van der Waals surface area (Å²) in [6, 6.07) is 9.71. The van der Waals surface area contributed by atoms with Crippen molar-refractivity contribution in [3.05, 3.63) is 71.8 Å². The first-order valence-electron chi connectivity index (χ1n) is 38.0. The molecule has 25 nitrogen and oxygen atoms in total. The Morgan fingerprint density at radius 1 is 0.543 bits per heavy atom. The van der Waals surface area contributed by atoms with Crippen LogP contribution in [0, 0.1) is 47.3 Å². The van der Waals surface area contributed by atoms with E-state index in [4.69, 9.17) is 4.74 Å². The number of Topliss-reactive ketones (excluding diaryl/α,β-unsaturated/α-hetero) is 2. The van der Waals surface area contributed by atoms with Gasteiger partial charge in [0.25, 0.3) is 5.91 Å². The van der Waals surface area contributed by atoms with E-state index in [0.29, 0.717) is 45.2 Å². The third-order valence-corrected chi connectivity index (χ3v) is 20.1. The minimum absolute atomic E-state index is 0.0321. The maximum atomic E-state index is 15.3. The number of aliphatic hydroxyl groups is 1. The molecule has 0 spiro atoms. The maximum absolute atomic E-state index is 15.3. The minimum Gasteiger partial charge on any atom is -0.391 e. The second kappa shape index (κ2) is 42.6. The van der Waals surface area contributed by atoms with Crippen molar-refractivity contribution in [1.29, 1.82) is 0 Å². The van der Waals surface area contributed by atoms with Crippen molar-refractivity contribution >= 4 is 70.8 Å². The van der Waals surface area contributed by atoms with Crippen LogP contribution < -0.4 is 21.3 Å². The van der Waals surface area contributed by atoms with Crippen molar-refractivity contribution in [2.75, 3.05) is 81.6 Å². The highest BCUT2D eigenvalue weighted by Gasteiger charge is 2.42. The molecule has 11 amide bonds. The quantitative estimate of drug-likeness (QED) is 0.106. The monoisotopic (exact) mass is 1470 g/mol. The fraction of sp³-hybridized carbons (Fsp3) is 0.700. The van der Waals surface area contributed by atoms with Gasteiger partial charge in [-0.05, 0) is 119 Å². The van der Waals surface area contributed by atoms with Crippen LogP contribution in [-0.2, 0) is 70.3 Å². The summed E-state index contributed by atoms with van der Waals surface area (Å²) in [5, 5.41) is 22.9. The Bertz CT molecular complexity index is 3190. The summed E-state index contributed by atoms with van der Waals surface area (Å²) < 4.78 is 6.20. The number of benzene rings is 2. The van der Waals surface area contributed by atoms with Crippen molar-refractivity contribution in [1.82, 2.24) is 55.6 Å². The summed E-state index contributed by atoms with van der Waals surface area (Å²) in [6.45, 7) is 25.8. The zero-order chi connectivity index (χ0) is 78.9. The van der Waals surface area contributed by atoms with Crippen LogP contribution in [0.3, 0.4) is 0 Å². The van der Waals surface area contributed by atoms with E-state index < -0.39 is 161 Å². The lowest BCUT2D eigenvalue weighted by Gasteiger charge is -2.35. The Kier molecular flexibility index (Phi) is 36.4. The van der Waals surface area contributed by atoms with Gasteiger partial charge in [0.2, 0.25) is 47.3 Å². The van der Waals surface area contributed by atoms with E-state index in [-0.39, 0.29) is 82.0 Å². The Labute approximate surface area is 626 Å². The molecule has 2 aromatic rings. The number of likely N-dealkylation sites (tertiary alicyclic amines) is 1. The number of ketones is 2. The summed E-state index contributed by atoms with van der Waals surface area (Å²) in [5.41, 5.74) is 0.729. The predicted octanol–water partition coefficient (Wildman–Crippen LogP) is 6.94. The Hall–Kier alpha value is -7.64. The number of hydrogen-bond acceptors (Lipinski definition) is 15. The molecule has 0 aliphatic carbocycles. The summed E-state index contributed by atoms with van der Waals surface area (Å²) in [6.07, 6.45) is 0.566. The number of amides is 11. The first-order chi connectivity index (χ1) is 49.1. The van der Waals surface area contributed by atoms with E-state index in [1.165, 1.54) is 66.7 Å². The van der Waals surface area contributed by atoms with Gasteiger partial charge in [0, 0.05) is 113 Å². The highest BCUT2D eigenvalue weighted by molar-refractivity contribution is 6.09. The molecule has 5 N–H and O–H groups in total. The summed E-state index contributed by atoms with van der Waals surface area (Å²) >= 11 is 0. The Morgan fingerprint density at radius 3 is 1.60 bits per heavy atom.